The minimum atomic E-state index is 0.281. The third-order valence-electron chi connectivity index (χ3n) is 3.61. The predicted octanol–water partition coefficient (Wildman–Crippen LogP) is 5.33. The zero-order valence-corrected chi connectivity index (χ0v) is 12.5. The van der Waals surface area contributed by atoms with Crippen molar-refractivity contribution in [2.45, 2.75) is 0 Å². The number of aromatic hydroxyl groups is 1. The highest BCUT2D eigenvalue weighted by Gasteiger charge is 2.05. The summed E-state index contributed by atoms with van der Waals surface area (Å²) in [5.41, 5.74) is 2.11. The van der Waals surface area contributed by atoms with E-state index in [1.807, 2.05) is 36.4 Å². The molecule has 3 aromatic carbocycles. The molecular weight excluding hydrogens is 290 g/mol. The van der Waals surface area contributed by atoms with Crippen molar-refractivity contribution in [3.8, 4) is 5.75 Å². The van der Waals surface area contributed by atoms with Crippen molar-refractivity contribution >= 4 is 44.5 Å². The van der Waals surface area contributed by atoms with E-state index in [2.05, 4.69) is 24.3 Å². The van der Waals surface area contributed by atoms with Gasteiger partial charge in [-0.15, -0.1) is 11.3 Å². The fourth-order valence-corrected chi connectivity index (χ4v) is 3.39. The molecule has 0 radical (unpaired) electrons. The van der Waals surface area contributed by atoms with Crippen molar-refractivity contribution in [3.05, 3.63) is 71.2 Å². The molecule has 2 nitrogen and oxygen atoms in total. The van der Waals surface area contributed by atoms with Crippen LogP contribution in [0.1, 0.15) is 10.6 Å². The van der Waals surface area contributed by atoms with E-state index >= 15 is 0 Å². The van der Waals surface area contributed by atoms with E-state index in [0.29, 0.717) is 0 Å². The summed E-state index contributed by atoms with van der Waals surface area (Å²) in [4.78, 5) is 4.76. The van der Waals surface area contributed by atoms with Gasteiger partial charge in [-0.2, -0.15) is 0 Å². The number of fused-ring (bicyclic) bond motifs is 3. The maximum atomic E-state index is 9.30. The van der Waals surface area contributed by atoms with E-state index < -0.39 is 0 Å². The number of hydrogen-bond acceptors (Lipinski definition) is 3. The van der Waals surface area contributed by atoms with Gasteiger partial charge in [-0.3, -0.25) is 0 Å². The number of phenols is 1. The van der Waals surface area contributed by atoms with Gasteiger partial charge >= 0.3 is 0 Å². The topological polar surface area (TPSA) is 33.1 Å². The highest BCUT2D eigenvalue weighted by Crippen LogP contribution is 2.30. The summed E-state index contributed by atoms with van der Waals surface area (Å²) >= 11 is 1.69. The van der Waals surface area contributed by atoms with Gasteiger partial charge in [0.05, 0.1) is 10.2 Å². The average molecular weight is 303 g/mol. The molecule has 0 saturated heterocycles. The monoisotopic (exact) mass is 303 g/mol. The number of hydrogen-bond donors (Lipinski definition) is 1. The minimum absolute atomic E-state index is 0.281. The van der Waals surface area contributed by atoms with E-state index in [4.69, 9.17) is 4.98 Å². The first-order chi connectivity index (χ1) is 10.8. The summed E-state index contributed by atoms with van der Waals surface area (Å²) in [5, 5.41) is 12.7. The lowest BCUT2D eigenvalue weighted by Crippen LogP contribution is -1.75. The molecule has 3 heteroatoms. The van der Waals surface area contributed by atoms with E-state index in [0.717, 1.165) is 16.1 Å². The van der Waals surface area contributed by atoms with E-state index in [1.165, 1.54) is 15.5 Å². The van der Waals surface area contributed by atoms with Crippen LogP contribution in [0.2, 0.25) is 0 Å². The number of phenolic OH excluding ortho intramolecular Hbond substituents is 1. The summed E-state index contributed by atoms with van der Waals surface area (Å²) in [6.07, 6.45) is 4.03. The molecule has 0 spiro atoms. The van der Waals surface area contributed by atoms with Crippen LogP contribution in [0.4, 0.5) is 0 Å². The van der Waals surface area contributed by atoms with Crippen LogP contribution in [0.5, 0.6) is 5.75 Å². The smallest absolute Gasteiger partial charge is 0.117 e. The Kier molecular flexibility index (Phi) is 3.13. The molecule has 0 aliphatic rings. The highest BCUT2D eigenvalue weighted by molar-refractivity contribution is 7.19. The third kappa shape index (κ3) is 2.36. The van der Waals surface area contributed by atoms with Gasteiger partial charge < -0.3 is 5.11 Å². The van der Waals surface area contributed by atoms with Crippen molar-refractivity contribution in [2.75, 3.05) is 0 Å². The number of rotatable bonds is 2. The third-order valence-corrected chi connectivity index (χ3v) is 4.60. The Morgan fingerprint density at radius 1 is 0.864 bits per heavy atom. The summed E-state index contributed by atoms with van der Waals surface area (Å²) < 4.78 is 1.20. The molecule has 0 atom stereocenters. The molecule has 1 N–H and O–H groups in total. The summed E-state index contributed by atoms with van der Waals surface area (Å²) in [5.74, 6) is 0.281. The van der Waals surface area contributed by atoms with Gasteiger partial charge in [-0.05, 0) is 35.2 Å². The second-order valence-corrected chi connectivity index (χ2v) is 6.17. The summed E-state index contributed by atoms with van der Waals surface area (Å²) in [6.45, 7) is 0. The second kappa shape index (κ2) is 5.28. The molecule has 4 aromatic rings. The lowest BCUT2D eigenvalue weighted by molar-refractivity contribution is 0.475. The van der Waals surface area contributed by atoms with Gasteiger partial charge in [0.1, 0.15) is 10.8 Å². The molecule has 1 heterocycles. The van der Waals surface area contributed by atoms with Crippen LogP contribution in [-0.2, 0) is 0 Å². The zero-order valence-electron chi connectivity index (χ0n) is 11.7. The molecule has 0 aliphatic heterocycles. The molecule has 1 aromatic heterocycles. The van der Waals surface area contributed by atoms with Crippen molar-refractivity contribution in [1.29, 1.82) is 0 Å². The van der Waals surface area contributed by atoms with E-state index in [9.17, 15) is 5.11 Å². The maximum absolute atomic E-state index is 9.30. The summed E-state index contributed by atoms with van der Waals surface area (Å²) in [7, 11) is 0. The average Bonchev–Trinajstić information content (AvgIpc) is 2.98. The number of nitrogens with zero attached hydrogens (tertiary/aromatic N) is 1. The highest BCUT2D eigenvalue weighted by atomic mass is 32.1. The number of aromatic nitrogens is 1. The Morgan fingerprint density at radius 2 is 1.68 bits per heavy atom. The Labute approximate surface area is 132 Å². The van der Waals surface area contributed by atoms with Gasteiger partial charge in [0.15, 0.2) is 0 Å². The molecule has 4 rings (SSSR count). The van der Waals surface area contributed by atoms with Crippen molar-refractivity contribution in [3.63, 3.8) is 0 Å². The number of thiazole rings is 1. The first kappa shape index (κ1) is 13.0. The lowest BCUT2D eigenvalue weighted by Gasteiger charge is -1.96. The molecule has 0 unspecified atom stereocenters. The Hall–Kier alpha value is -2.65. The van der Waals surface area contributed by atoms with Crippen molar-refractivity contribution < 1.29 is 5.11 Å². The quantitative estimate of drug-likeness (QED) is 0.543. The first-order valence-corrected chi connectivity index (χ1v) is 7.87. The van der Waals surface area contributed by atoms with Crippen LogP contribution in [0.15, 0.2) is 60.7 Å². The normalized spacial score (nSPS) is 11.6. The fraction of sp³-hybridized carbons (Fsp3) is 0. The van der Waals surface area contributed by atoms with Gasteiger partial charge in [0.2, 0.25) is 0 Å². The summed E-state index contributed by atoms with van der Waals surface area (Å²) in [6, 6.07) is 19.7. The Balaban J connectivity index is 1.76. The molecule has 0 fully saturated rings. The first-order valence-electron chi connectivity index (χ1n) is 7.05. The minimum Gasteiger partial charge on any atom is -0.508 e. The van der Waals surface area contributed by atoms with Crippen LogP contribution in [0.25, 0.3) is 33.1 Å². The van der Waals surface area contributed by atoms with Gasteiger partial charge in [-0.1, -0.05) is 48.5 Å². The molecule has 0 saturated carbocycles. The Morgan fingerprint density at radius 3 is 2.55 bits per heavy atom. The van der Waals surface area contributed by atoms with Crippen LogP contribution in [0.3, 0.4) is 0 Å². The molecule has 106 valence electrons. The zero-order chi connectivity index (χ0) is 14.9. The van der Waals surface area contributed by atoms with Gasteiger partial charge in [0, 0.05) is 5.39 Å². The van der Waals surface area contributed by atoms with Crippen LogP contribution in [-0.4, -0.2) is 10.1 Å². The maximum Gasteiger partial charge on any atom is 0.117 e. The predicted molar refractivity (Wildman–Crippen MR) is 94.2 cm³/mol. The fourth-order valence-electron chi connectivity index (χ4n) is 2.50. The van der Waals surface area contributed by atoms with Crippen LogP contribution < -0.4 is 0 Å². The molecular formula is C19H13NOS. The molecule has 0 aliphatic carbocycles. The Bertz CT molecular complexity index is 983. The largest absolute Gasteiger partial charge is 0.508 e. The van der Waals surface area contributed by atoms with E-state index in [1.54, 1.807) is 23.5 Å². The molecule has 0 bridgehead atoms. The van der Waals surface area contributed by atoms with Crippen LogP contribution in [0, 0.1) is 0 Å². The molecule has 0 amide bonds. The van der Waals surface area contributed by atoms with Gasteiger partial charge in [-0.25, -0.2) is 4.98 Å². The second-order valence-electron chi connectivity index (χ2n) is 5.11. The SMILES string of the molecule is Oc1ccc(/C=C\c2nc3c(ccc4ccccc43)s2)cc1. The van der Waals surface area contributed by atoms with E-state index in [-0.39, 0.29) is 5.75 Å². The molecule has 22 heavy (non-hydrogen) atoms. The lowest BCUT2D eigenvalue weighted by atomic mass is 10.1. The van der Waals surface area contributed by atoms with Gasteiger partial charge in [0.25, 0.3) is 0 Å². The van der Waals surface area contributed by atoms with Crippen molar-refractivity contribution in [2.24, 2.45) is 0 Å². The van der Waals surface area contributed by atoms with Crippen molar-refractivity contribution in [1.82, 2.24) is 4.98 Å². The van der Waals surface area contributed by atoms with Crippen LogP contribution >= 0.6 is 11.3 Å². The standard InChI is InChI=1S/C19H13NOS/c21-15-9-5-13(6-10-15)7-12-18-20-19-16-4-2-1-3-14(16)8-11-17(19)22-18/h1-12,21H/b12-7-. The number of benzene rings is 3.